The highest BCUT2D eigenvalue weighted by atomic mass is 35.5. The van der Waals surface area contributed by atoms with E-state index in [1.807, 2.05) is 27.7 Å². The van der Waals surface area contributed by atoms with Gasteiger partial charge in [0.05, 0.1) is 13.1 Å². The first kappa shape index (κ1) is 23.3. The summed E-state index contributed by atoms with van der Waals surface area (Å²) >= 11 is 0. The number of rotatable bonds is 8. The summed E-state index contributed by atoms with van der Waals surface area (Å²) < 4.78 is 13.4. The predicted octanol–water partition coefficient (Wildman–Crippen LogP) is 3.17. The van der Waals surface area contributed by atoms with Crippen molar-refractivity contribution in [1.29, 1.82) is 0 Å². The second kappa shape index (κ2) is 10.4. The van der Waals surface area contributed by atoms with Crippen molar-refractivity contribution in [1.82, 2.24) is 9.80 Å². The highest BCUT2D eigenvalue weighted by molar-refractivity contribution is 5.85. The Labute approximate surface area is 155 Å². The summed E-state index contributed by atoms with van der Waals surface area (Å²) in [5.41, 5.74) is 0.253. The van der Waals surface area contributed by atoms with Crippen molar-refractivity contribution in [2.24, 2.45) is 0 Å². The highest BCUT2D eigenvalue weighted by Crippen LogP contribution is 2.18. The fourth-order valence-electron chi connectivity index (χ4n) is 2.52. The van der Waals surface area contributed by atoms with Gasteiger partial charge in [-0.3, -0.25) is 14.5 Å². The molecule has 0 saturated carbocycles. The molecular formula is C18H28ClFN2O3. The van der Waals surface area contributed by atoms with Gasteiger partial charge in [-0.2, -0.15) is 0 Å². The van der Waals surface area contributed by atoms with E-state index in [9.17, 15) is 14.0 Å². The lowest BCUT2D eigenvalue weighted by atomic mass is 10.0. The standard InChI is InChI=1S/C18H27FN2O3.ClH/c1-5-9-20(13-17(23)24)12-16(22)21(18(2,3)4)11-14-7-6-8-15(19)10-14;/h6-8,10H,5,9,11-13H2,1-4H3,(H,23,24);1H. The van der Waals surface area contributed by atoms with E-state index in [1.165, 1.54) is 12.1 Å². The van der Waals surface area contributed by atoms with E-state index in [-0.39, 0.29) is 43.8 Å². The van der Waals surface area contributed by atoms with E-state index in [4.69, 9.17) is 5.11 Å². The summed E-state index contributed by atoms with van der Waals surface area (Å²) in [4.78, 5) is 27.0. The predicted molar refractivity (Wildman–Crippen MR) is 98.3 cm³/mol. The van der Waals surface area contributed by atoms with Crippen LogP contribution in [0, 0.1) is 5.82 Å². The van der Waals surface area contributed by atoms with Gasteiger partial charge in [0.1, 0.15) is 5.82 Å². The molecule has 5 nitrogen and oxygen atoms in total. The number of carboxylic acids is 1. The van der Waals surface area contributed by atoms with Gasteiger partial charge in [-0.25, -0.2) is 4.39 Å². The van der Waals surface area contributed by atoms with Crippen molar-refractivity contribution >= 4 is 24.3 Å². The molecule has 1 rings (SSSR count). The zero-order chi connectivity index (χ0) is 18.3. The van der Waals surface area contributed by atoms with Gasteiger partial charge < -0.3 is 10.0 Å². The largest absolute Gasteiger partial charge is 0.480 e. The Morgan fingerprint density at radius 3 is 2.32 bits per heavy atom. The van der Waals surface area contributed by atoms with Crippen LogP contribution in [0.3, 0.4) is 0 Å². The van der Waals surface area contributed by atoms with Crippen LogP contribution in [0.25, 0.3) is 0 Å². The lowest BCUT2D eigenvalue weighted by molar-refractivity contribution is -0.141. The SMILES string of the molecule is CCCN(CC(=O)O)CC(=O)N(Cc1cccc(F)c1)C(C)(C)C.Cl. The third-order valence-corrected chi connectivity index (χ3v) is 3.60. The van der Waals surface area contributed by atoms with Crippen molar-refractivity contribution in [2.45, 2.75) is 46.2 Å². The third kappa shape index (κ3) is 8.31. The molecule has 0 aliphatic heterocycles. The molecule has 0 bridgehead atoms. The molecule has 0 saturated heterocycles. The van der Waals surface area contributed by atoms with Crippen LogP contribution in [0.1, 0.15) is 39.7 Å². The minimum atomic E-state index is -0.955. The molecule has 1 N–H and O–H groups in total. The number of aliphatic carboxylic acids is 1. The van der Waals surface area contributed by atoms with Crippen LogP contribution in [-0.2, 0) is 16.1 Å². The first-order valence-corrected chi connectivity index (χ1v) is 8.12. The summed E-state index contributed by atoms with van der Waals surface area (Å²) in [5, 5.41) is 8.98. The summed E-state index contributed by atoms with van der Waals surface area (Å²) in [5.74, 6) is -1.46. The summed E-state index contributed by atoms with van der Waals surface area (Å²) in [7, 11) is 0. The number of amides is 1. The van der Waals surface area contributed by atoms with Crippen molar-refractivity contribution in [3.05, 3.63) is 35.6 Å². The van der Waals surface area contributed by atoms with Crippen molar-refractivity contribution < 1.29 is 19.1 Å². The lowest BCUT2D eigenvalue weighted by Crippen LogP contribution is -2.49. The molecule has 1 amide bonds. The van der Waals surface area contributed by atoms with E-state index in [0.29, 0.717) is 12.1 Å². The van der Waals surface area contributed by atoms with Gasteiger partial charge in [0.2, 0.25) is 5.91 Å². The van der Waals surface area contributed by atoms with Crippen LogP contribution in [-0.4, -0.2) is 52.0 Å². The molecule has 0 aliphatic carbocycles. The van der Waals surface area contributed by atoms with E-state index < -0.39 is 11.5 Å². The number of carbonyl (C=O) groups is 2. The molecule has 0 atom stereocenters. The van der Waals surface area contributed by atoms with Crippen LogP contribution in [0.15, 0.2) is 24.3 Å². The zero-order valence-electron chi connectivity index (χ0n) is 15.3. The quantitative estimate of drug-likeness (QED) is 0.759. The van der Waals surface area contributed by atoms with Crippen molar-refractivity contribution in [3.63, 3.8) is 0 Å². The maximum absolute atomic E-state index is 13.4. The third-order valence-electron chi connectivity index (χ3n) is 3.60. The number of carboxylic acid groups (broad SMARTS) is 1. The minimum absolute atomic E-state index is 0. The van der Waals surface area contributed by atoms with Gasteiger partial charge in [0.25, 0.3) is 0 Å². The molecule has 0 aromatic heterocycles. The molecule has 25 heavy (non-hydrogen) atoms. The number of halogens is 2. The Bertz CT molecular complexity index is 576. The fourth-order valence-corrected chi connectivity index (χ4v) is 2.52. The Morgan fingerprint density at radius 2 is 1.84 bits per heavy atom. The van der Waals surface area contributed by atoms with E-state index >= 15 is 0 Å². The molecule has 0 radical (unpaired) electrons. The fraction of sp³-hybridized carbons (Fsp3) is 0.556. The topological polar surface area (TPSA) is 60.9 Å². The molecular weight excluding hydrogens is 347 g/mol. The molecule has 0 aliphatic rings. The number of hydrogen-bond acceptors (Lipinski definition) is 3. The molecule has 1 aromatic rings. The molecule has 0 fully saturated rings. The second-order valence-electron chi connectivity index (χ2n) is 6.89. The normalized spacial score (nSPS) is 11.1. The van der Waals surface area contributed by atoms with Crippen LogP contribution in [0.5, 0.6) is 0 Å². The lowest BCUT2D eigenvalue weighted by Gasteiger charge is -2.37. The molecule has 142 valence electrons. The van der Waals surface area contributed by atoms with Crippen LogP contribution >= 0.6 is 12.4 Å². The van der Waals surface area contributed by atoms with Crippen molar-refractivity contribution in [3.8, 4) is 0 Å². The Hall–Kier alpha value is -1.66. The number of carbonyl (C=O) groups excluding carboxylic acids is 1. The molecule has 0 heterocycles. The Balaban J connectivity index is 0.00000576. The first-order chi connectivity index (χ1) is 11.1. The maximum atomic E-state index is 13.4. The smallest absolute Gasteiger partial charge is 0.317 e. The summed E-state index contributed by atoms with van der Waals surface area (Å²) in [6, 6.07) is 6.16. The number of hydrogen-bond donors (Lipinski definition) is 1. The Kier molecular flexibility index (Phi) is 9.67. The van der Waals surface area contributed by atoms with Crippen molar-refractivity contribution in [2.75, 3.05) is 19.6 Å². The maximum Gasteiger partial charge on any atom is 0.317 e. The molecule has 0 spiro atoms. The summed E-state index contributed by atoms with van der Waals surface area (Å²) in [6.07, 6.45) is 0.764. The van der Waals surface area contributed by atoms with Gasteiger partial charge in [-0.1, -0.05) is 19.1 Å². The van der Waals surface area contributed by atoms with Gasteiger partial charge in [0.15, 0.2) is 0 Å². The first-order valence-electron chi connectivity index (χ1n) is 8.12. The molecule has 7 heteroatoms. The number of benzene rings is 1. The molecule has 0 unspecified atom stereocenters. The molecule has 1 aromatic carbocycles. The van der Waals surface area contributed by atoms with Crippen LogP contribution in [0.2, 0.25) is 0 Å². The minimum Gasteiger partial charge on any atom is -0.480 e. The van der Waals surface area contributed by atoms with Crippen LogP contribution < -0.4 is 0 Å². The van der Waals surface area contributed by atoms with E-state index in [2.05, 4.69) is 0 Å². The zero-order valence-corrected chi connectivity index (χ0v) is 16.1. The van der Waals surface area contributed by atoms with E-state index in [0.717, 1.165) is 6.42 Å². The Morgan fingerprint density at radius 1 is 1.20 bits per heavy atom. The second-order valence-corrected chi connectivity index (χ2v) is 6.89. The monoisotopic (exact) mass is 374 g/mol. The van der Waals surface area contributed by atoms with Gasteiger partial charge >= 0.3 is 5.97 Å². The summed E-state index contributed by atoms with van der Waals surface area (Å²) in [6.45, 7) is 8.35. The van der Waals surface area contributed by atoms with Gasteiger partial charge in [-0.05, 0) is 51.4 Å². The average Bonchev–Trinajstić information content (AvgIpc) is 2.43. The van der Waals surface area contributed by atoms with Gasteiger partial charge in [0, 0.05) is 12.1 Å². The average molecular weight is 375 g/mol. The number of nitrogens with zero attached hydrogens (tertiary/aromatic N) is 2. The van der Waals surface area contributed by atoms with E-state index in [1.54, 1.807) is 21.9 Å². The highest BCUT2D eigenvalue weighted by Gasteiger charge is 2.28. The van der Waals surface area contributed by atoms with Crippen LogP contribution in [0.4, 0.5) is 4.39 Å². The van der Waals surface area contributed by atoms with Gasteiger partial charge in [-0.15, -0.1) is 12.4 Å².